The number of ether oxygens (including phenoxy) is 1. The van der Waals surface area contributed by atoms with E-state index in [1.807, 2.05) is 33.9 Å². The van der Waals surface area contributed by atoms with Gasteiger partial charge in [-0.1, -0.05) is 20.8 Å². The molecule has 0 spiro atoms. The summed E-state index contributed by atoms with van der Waals surface area (Å²) in [5.41, 5.74) is 0. The van der Waals surface area contributed by atoms with E-state index in [0.717, 1.165) is 4.90 Å². The molecule has 1 N–H and O–H groups in total. The van der Waals surface area contributed by atoms with Crippen LogP contribution in [-0.4, -0.2) is 68.8 Å². The van der Waals surface area contributed by atoms with E-state index >= 15 is 0 Å². The van der Waals surface area contributed by atoms with E-state index in [9.17, 15) is 27.9 Å². The first-order chi connectivity index (χ1) is 13.6. The number of nitrogens with zero attached hydrogens (tertiary/aromatic N) is 1. The number of aliphatic hydroxyl groups is 1. The van der Waals surface area contributed by atoms with Gasteiger partial charge in [0.2, 0.25) is 0 Å². The van der Waals surface area contributed by atoms with Crippen LogP contribution in [0.15, 0.2) is 0 Å². The van der Waals surface area contributed by atoms with E-state index in [-0.39, 0.29) is 43.2 Å². The van der Waals surface area contributed by atoms with Crippen LogP contribution < -0.4 is 0 Å². The highest BCUT2D eigenvalue weighted by atomic mass is 28.4. The maximum Gasteiger partial charge on any atom is 0.471 e. The molecule has 0 radical (unpaired) electrons. The highest BCUT2D eigenvalue weighted by molar-refractivity contribution is 6.74. The van der Waals surface area contributed by atoms with Crippen molar-refractivity contribution in [2.75, 3.05) is 26.4 Å². The number of carbonyl (C=O) groups is 2. The average Bonchev–Trinajstić information content (AvgIpc) is 2.58. The number of carbonyl (C=O) groups excluding carboxylic acids is 2. The summed E-state index contributed by atoms with van der Waals surface area (Å²) in [5, 5.41) is 9.32. The van der Waals surface area contributed by atoms with Gasteiger partial charge in [0.15, 0.2) is 8.32 Å². The van der Waals surface area contributed by atoms with Crippen LogP contribution in [0.3, 0.4) is 0 Å². The lowest BCUT2D eigenvalue weighted by atomic mass is 9.78. The first-order valence-corrected chi connectivity index (χ1v) is 13.3. The average molecular weight is 456 g/mol. The summed E-state index contributed by atoms with van der Waals surface area (Å²) in [6.07, 6.45) is -3.92. The zero-order valence-corrected chi connectivity index (χ0v) is 19.8. The molecule has 30 heavy (non-hydrogen) atoms. The van der Waals surface area contributed by atoms with Crippen molar-refractivity contribution in [3.8, 4) is 0 Å². The van der Waals surface area contributed by atoms with Crippen molar-refractivity contribution in [2.24, 2.45) is 11.8 Å². The molecule has 10 heteroatoms. The third kappa shape index (κ3) is 7.53. The minimum atomic E-state index is -4.97. The number of piperidine rings is 1. The van der Waals surface area contributed by atoms with Crippen LogP contribution in [0.2, 0.25) is 18.1 Å². The van der Waals surface area contributed by atoms with E-state index in [1.165, 1.54) is 6.92 Å². The Morgan fingerprint density at radius 3 is 2.20 bits per heavy atom. The van der Waals surface area contributed by atoms with E-state index in [2.05, 4.69) is 0 Å². The Labute approximate surface area is 178 Å². The number of esters is 1. The molecule has 1 rings (SSSR count). The number of aliphatic hydroxyl groups excluding tert-OH is 1. The standard InChI is InChI=1S/C20H36F3NO5Si/c1-14(26)28-10-8-16-12-24(18(27)20(21,22)23)17(11-15(16)7-9-25)13-29-30(5,6)19(2,3)4/h15-17,25H,7-13H2,1-6H3/t15-,16-,17-/m0/s1. The largest absolute Gasteiger partial charge is 0.471 e. The smallest absolute Gasteiger partial charge is 0.466 e. The van der Waals surface area contributed by atoms with Crippen molar-refractivity contribution in [1.82, 2.24) is 4.90 Å². The van der Waals surface area contributed by atoms with E-state index in [0.29, 0.717) is 19.3 Å². The maximum atomic E-state index is 13.3. The predicted octanol–water partition coefficient (Wildman–Crippen LogP) is 3.74. The lowest BCUT2D eigenvalue weighted by molar-refractivity contribution is -0.192. The normalized spacial score (nSPS) is 23.4. The Kier molecular flexibility index (Phi) is 9.37. The Morgan fingerprint density at radius 2 is 1.73 bits per heavy atom. The molecule has 0 bridgehead atoms. The fraction of sp³-hybridized carbons (Fsp3) is 0.900. The molecule has 1 aliphatic rings. The van der Waals surface area contributed by atoms with Gasteiger partial charge in [0.05, 0.1) is 19.3 Å². The minimum Gasteiger partial charge on any atom is -0.466 e. The molecule has 3 atom stereocenters. The zero-order chi connectivity index (χ0) is 23.3. The summed E-state index contributed by atoms with van der Waals surface area (Å²) < 4.78 is 50.9. The number of hydrogen-bond donors (Lipinski definition) is 1. The molecule has 0 unspecified atom stereocenters. The second kappa shape index (κ2) is 10.5. The molecular formula is C20H36F3NO5Si. The van der Waals surface area contributed by atoms with E-state index in [1.54, 1.807) is 0 Å². The van der Waals surface area contributed by atoms with Crippen LogP contribution in [0.5, 0.6) is 0 Å². The molecule has 1 amide bonds. The fourth-order valence-corrected chi connectivity index (χ4v) is 4.55. The Morgan fingerprint density at radius 1 is 1.13 bits per heavy atom. The van der Waals surface area contributed by atoms with Gasteiger partial charge >= 0.3 is 18.1 Å². The monoisotopic (exact) mass is 455 g/mol. The van der Waals surface area contributed by atoms with Gasteiger partial charge in [-0.15, -0.1) is 0 Å². The highest BCUT2D eigenvalue weighted by Crippen LogP contribution is 2.39. The molecule has 0 saturated carbocycles. The van der Waals surface area contributed by atoms with Gasteiger partial charge in [-0.2, -0.15) is 13.2 Å². The number of halogens is 3. The van der Waals surface area contributed by atoms with E-state index in [4.69, 9.17) is 9.16 Å². The molecule has 0 aliphatic carbocycles. The van der Waals surface area contributed by atoms with Gasteiger partial charge in [-0.3, -0.25) is 9.59 Å². The molecule has 176 valence electrons. The summed E-state index contributed by atoms with van der Waals surface area (Å²) in [5.74, 6) is -2.72. The quantitative estimate of drug-likeness (QED) is 0.446. The number of likely N-dealkylation sites (tertiary alicyclic amines) is 1. The molecule has 0 aromatic carbocycles. The number of hydrogen-bond acceptors (Lipinski definition) is 5. The molecule has 1 aliphatic heterocycles. The molecule has 1 heterocycles. The van der Waals surface area contributed by atoms with Gasteiger partial charge in [-0.05, 0) is 49.2 Å². The van der Waals surface area contributed by atoms with Crippen molar-refractivity contribution in [1.29, 1.82) is 0 Å². The van der Waals surface area contributed by atoms with Gasteiger partial charge in [0, 0.05) is 20.1 Å². The maximum absolute atomic E-state index is 13.3. The summed E-state index contributed by atoms with van der Waals surface area (Å²) in [7, 11) is -2.22. The van der Waals surface area contributed by atoms with Gasteiger partial charge in [0.25, 0.3) is 0 Å². The van der Waals surface area contributed by atoms with Crippen molar-refractivity contribution >= 4 is 20.2 Å². The molecule has 1 saturated heterocycles. The molecule has 0 aromatic heterocycles. The zero-order valence-electron chi connectivity index (χ0n) is 18.8. The van der Waals surface area contributed by atoms with Crippen LogP contribution >= 0.6 is 0 Å². The van der Waals surface area contributed by atoms with Crippen molar-refractivity contribution in [3.05, 3.63) is 0 Å². The first-order valence-electron chi connectivity index (χ1n) is 10.4. The summed E-state index contributed by atoms with van der Waals surface area (Å²) in [4.78, 5) is 24.1. The number of alkyl halides is 3. The SMILES string of the molecule is CC(=O)OCC[C@H]1CN(C(=O)C(F)(F)F)[C@H](CO[Si](C)(C)C(C)(C)C)C[C@@H]1CCO. The summed E-state index contributed by atoms with van der Waals surface area (Å²) in [6.45, 7) is 11.3. The molecule has 6 nitrogen and oxygen atoms in total. The second-order valence-corrected chi connectivity index (χ2v) is 14.4. The highest BCUT2D eigenvalue weighted by Gasteiger charge is 2.49. The third-order valence-electron chi connectivity index (χ3n) is 6.35. The Hall–Kier alpha value is -1.13. The van der Waals surface area contributed by atoms with Gasteiger partial charge in [0.1, 0.15) is 0 Å². The second-order valence-electron chi connectivity index (χ2n) is 9.58. The van der Waals surface area contributed by atoms with Gasteiger partial charge in [-0.25, -0.2) is 0 Å². The number of rotatable bonds is 8. The van der Waals surface area contributed by atoms with Crippen molar-refractivity contribution in [2.45, 2.75) is 77.3 Å². The van der Waals surface area contributed by atoms with Crippen LogP contribution in [0, 0.1) is 11.8 Å². The van der Waals surface area contributed by atoms with Crippen LogP contribution in [0.1, 0.15) is 47.0 Å². The summed E-state index contributed by atoms with van der Waals surface area (Å²) in [6, 6.07) is -0.713. The minimum absolute atomic E-state index is 0.0386. The Bertz CT molecular complexity index is 592. The van der Waals surface area contributed by atoms with Crippen LogP contribution in [0.4, 0.5) is 13.2 Å². The number of amides is 1. The summed E-state index contributed by atoms with van der Waals surface area (Å²) >= 11 is 0. The predicted molar refractivity (Wildman–Crippen MR) is 109 cm³/mol. The lowest BCUT2D eigenvalue weighted by Crippen LogP contribution is -2.57. The molecule has 0 aromatic rings. The van der Waals surface area contributed by atoms with E-state index < -0.39 is 32.4 Å². The van der Waals surface area contributed by atoms with Gasteiger partial charge < -0.3 is 19.2 Å². The van der Waals surface area contributed by atoms with Crippen LogP contribution in [-0.2, 0) is 18.8 Å². The fourth-order valence-electron chi connectivity index (χ4n) is 3.51. The third-order valence-corrected chi connectivity index (χ3v) is 10.9. The van der Waals surface area contributed by atoms with Crippen molar-refractivity contribution < 1.29 is 37.0 Å². The first kappa shape index (κ1) is 26.9. The van der Waals surface area contributed by atoms with Crippen LogP contribution in [0.25, 0.3) is 0 Å². The molecular weight excluding hydrogens is 419 g/mol. The molecule has 1 fully saturated rings. The Balaban J connectivity index is 3.05. The topological polar surface area (TPSA) is 76.1 Å². The lowest BCUT2D eigenvalue weighted by Gasteiger charge is -2.46. The van der Waals surface area contributed by atoms with Crippen molar-refractivity contribution in [3.63, 3.8) is 0 Å².